The van der Waals surface area contributed by atoms with Crippen LogP contribution in [0.2, 0.25) is 0 Å². The molecule has 0 saturated carbocycles. The second-order valence-corrected chi connectivity index (χ2v) is 7.34. The molecule has 0 aliphatic carbocycles. The van der Waals surface area contributed by atoms with Crippen LogP contribution in [0.1, 0.15) is 31.2 Å². The fraction of sp³-hybridized carbons (Fsp3) is 0.250. The van der Waals surface area contributed by atoms with Gasteiger partial charge in [0.2, 0.25) is 5.75 Å². The third-order valence-corrected chi connectivity index (χ3v) is 4.67. The van der Waals surface area contributed by atoms with E-state index < -0.39 is 0 Å². The summed E-state index contributed by atoms with van der Waals surface area (Å²) in [6.45, 7) is 3.90. The summed E-state index contributed by atoms with van der Waals surface area (Å²) in [5, 5.41) is 14.9. The molecule has 0 saturated heterocycles. The quantitative estimate of drug-likeness (QED) is 0.602. The highest BCUT2D eigenvalue weighted by molar-refractivity contribution is 9.10. The van der Waals surface area contributed by atoms with Crippen molar-refractivity contribution in [2.24, 2.45) is 5.10 Å². The molecular weight excluding hydrogens is 426 g/mol. The predicted octanol–water partition coefficient (Wildman–Crippen LogP) is 3.89. The molecule has 0 fully saturated rings. The molecule has 7 nitrogen and oxygen atoms in total. The number of ether oxygens (including phenoxy) is 2. The van der Waals surface area contributed by atoms with E-state index in [1.807, 2.05) is 19.9 Å². The minimum Gasteiger partial charge on any atom is -0.502 e. The molecule has 0 aliphatic heterocycles. The van der Waals surface area contributed by atoms with Crippen molar-refractivity contribution in [2.45, 2.75) is 19.8 Å². The zero-order chi connectivity index (χ0) is 20.4. The van der Waals surface area contributed by atoms with Crippen molar-refractivity contribution in [3.63, 3.8) is 0 Å². The van der Waals surface area contributed by atoms with Gasteiger partial charge >= 0.3 is 0 Å². The minimum absolute atomic E-state index is 0.0122. The number of hydrogen-bond donors (Lipinski definition) is 1. The van der Waals surface area contributed by atoms with Gasteiger partial charge in [0.15, 0.2) is 11.5 Å². The number of aromatic hydroxyl groups is 1. The molecule has 146 valence electrons. The summed E-state index contributed by atoms with van der Waals surface area (Å²) in [6, 6.07) is 8.59. The first-order valence-corrected chi connectivity index (χ1v) is 9.36. The normalized spacial score (nSPS) is 11.5. The van der Waals surface area contributed by atoms with Gasteiger partial charge in [0.05, 0.1) is 31.3 Å². The van der Waals surface area contributed by atoms with Gasteiger partial charge in [-0.1, -0.05) is 29.8 Å². The number of aromatic nitrogens is 2. The van der Waals surface area contributed by atoms with Crippen molar-refractivity contribution in [2.75, 3.05) is 14.2 Å². The first kappa shape index (κ1) is 19.9. The maximum atomic E-state index is 13.0. The topological polar surface area (TPSA) is 85.9 Å². The summed E-state index contributed by atoms with van der Waals surface area (Å²) in [6.07, 6.45) is 1.50. The van der Waals surface area contributed by atoms with Crippen LogP contribution < -0.4 is 15.0 Å². The molecule has 2 aromatic carbocycles. The van der Waals surface area contributed by atoms with E-state index in [1.54, 1.807) is 24.3 Å². The van der Waals surface area contributed by atoms with E-state index in [2.05, 4.69) is 26.0 Å². The molecule has 0 spiro atoms. The van der Waals surface area contributed by atoms with E-state index in [-0.39, 0.29) is 28.7 Å². The molecule has 1 aromatic heterocycles. The summed E-state index contributed by atoms with van der Waals surface area (Å²) in [5.41, 5.74) is 0.961. The molecule has 0 atom stereocenters. The first-order chi connectivity index (χ1) is 13.3. The summed E-state index contributed by atoms with van der Waals surface area (Å²) >= 11 is 3.39. The Labute approximate surface area is 170 Å². The second-order valence-electron chi connectivity index (χ2n) is 6.42. The average Bonchev–Trinajstić information content (AvgIpc) is 2.68. The van der Waals surface area contributed by atoms with E-state index >= 15 is 0 Å². The highest BCUT2D eigenvalue weighted by atomic mass is 79.9. The molecule has 1 heterocycles. The lowest BCUT2D eigenvalue weighted by Crippen LogP contribution is -2.23. The first-order valence-electron chi connectivity index (χ1n) is 8.57. The number of phenolic OH excluding ortho intramolecular Hbond substituents is 1. The largest absolute Gasteiger partial charge is 0.502 e. The van der Waals surface area contributed by atoms with Crippen molar-refractivity contribution in [1.82, 2.24) is 9.66 Å². The molecule has 0 aliphatic rings. The number of methoxy groups -OCH3 is 2. The maximum absolute atomic E-state index is 13.0. The zero-order valence-corrected chi connectivity index (χ0v) is 17.5. The molecule has 0 radical (unpaired) electrons. The monoisotopic (exact) mass is 445 g/mol. The molecule has 3 aromatic rings. The Morgan fingerprint density at radius 3 is 2.39 bits per heavy atom. The summed E-state index contributed by atoms with van der Waals surface area (Å²) in [5.74, 6) is 0.936. The molecular formula is C20H20BrN3O4. The number of halogens is 1. The van der Waals surface area contributed by atoms with Crippen LogP contribution in [-0.2, 0) is 0 Å². The average molecular weight is 446 g/mol. The minimum atomic E-state index is -0.260. The lowest BCUT2D eigenvalue weighted by atomic mass is 10.2. The van der Waals surface area contributed by atoms with Crippen LogP contribution in [0.3, 0.4) is 0 Å². The number of fused-ring (bicyclic) bond motifs is 1. The van der Waals surface area contributed by atoms with Crippen LogP contribution in [0.5, 0.6) is 17.2 Å². The van der Waals surface area contributed by atoms with E-state index in [4.69, 9.17) is 9.47 Å². The SMILES string of the molecule is COc1cc(C=Nn2c(C(C)C)nc3ccc(Br)cc3c2=O)cc(OC)c1O. The third-order valence-electron chi connectivity index (χ3n) is 4.17. The summed E-state index contributed by atoms with van der Waals surface area (Å²) in [7, 11) is 2.89. The van der Waals surface area contributed by atoms with Gasteiger partial charge in [-0.25, -0.2) is 4.98 Å². The Hall–Kier alpha value is -2.87. The van der Waals surface area contributed by atoms with Crippen molar-refractivity contribution in [1.29, 1.82) is 0 Å². The molecule has 1 N–H and O–H groups in total. The maximum Gasteiger partial charge on any atom is 0.282 e. The number of hydrogen-bond acceptors (Lipinski definition) is 6. The molecule has 0 amide bonds. The van der Waals surface area contributed by atoms with Crippen LogP contribution >= 0.6 is 15.9 Å². The number of rotatable bonds is 5. The van der Waals surface area contributed by atoms with Crippen LogP contribution in [0, 0.1) is 0 Å². The Morgan fingerprint density at radius 2 is 1.82 bits per heavy atom. The van der Waals surface area contributed by atoms with E-state index in [0.717, 1.165) is 4.47 Å². The number of phenols is 1. The Kier molecular flexibility index (Phi) is 5.69. The standard InChI is InChI=1S/C20H20BrN3O4/c1-11(2)19-23-15-6-5-13(21)9-14(15)20(26)24(19)22-10-12-7-16(27-3)18(25)17(8-12)28-4/h5-11,25H,1-4H3. The van der Waals surface area contributed by atoms with Gasteiger partial charge in [0.25, 0.3) is 5.56 Å². The van der Waals surface area contributed by atoms with E-state index in [0.29, 0.717) is 22.3 Å². The van der Waals surface area contributed by atoms with Crippen molar-refractivity contribution >= 4 is 33.0 Å². The third kappa shape index (κ3) is 3.73. The zero-order valence-electron chi connectivity index (χ0n) is 15.9. The van der Waals surface area contributed by atoms with Crippen molar-refractivity contribution < 1.29 is 14.6 Å². The van der Waals surface area contributed by atoms with Crippen LogP contribution in [0.15, 0.2) is 44.7 Å². The Morgan fingerprint density at radius 1 is 1.18 bits per heavy atom. The number of benzene rings is 2. The van der Waals surface area contributed by atoms with Gasteiger partial charge in [0.1, 0.15) is 5.82 Å². The molecule has 0 bridgehead atoms. The highest BCUT2D eigenvalue weighted by Gasteiger charge is 2.14. The summed E-state index contributed by atoms with van der Waals surface area (Å²) in [4.78, 5) is 17.6. The predicted molar refractivity (Wildman–Crippen MR) is 112 cm³/mol. The summed E-state index contributed by atoms with van der Waals surface area (Å²) < 4.78 is 12.4. The molecule has 28 heavy (non-hydrogen) atoms. The van der Waals surface area contributed by atoms with Crippen molar-refractivity contribution in [3.05, 3.63) is 56.5 Å². The van der Waals surface area contributed by atoms with Gasteiger partial charge in [-0.05, 0) is 30.3 Å². The van der Waals surface area contributed by atoms with Gasteiger partial charge < -0.3 is 14.6 Å². The lowest BCUT2D eigenvalue weighted by molar-refractivity contribution is 0.340. The van der Waals surface area contributed by atoms with Crippen molar-refractivity contribution in [3.8, 4) is 17.2 Å². The van der Waals surface area contributed by atoms with Crippen LogP contribution in [-0.4, -0.2) is 35.2 Å². The lowest BCUT2D eigenvalue weighted by Gasteiger charge is -2.12. The Bertz CT molecular complexity index is 1100. The number of nitrogens with zero attached hydrogens (tertiary/aromatic N) is 3. The van der Waals surface area contributed by atoms with Gasteiger partial charge in [-0.15, -0.1) is 0 Å². The fourth-order valence-electron chi connectivity index (χ4n) is 2.76. The van der Waals surface area contributed by atoms with E-state index in [1.165, 1.54) is 25.1 Å². The highest BCUT2D eigenvalue weighted by Crippen LogP contribution is 2.36. The second kappa shape index (κ2) is 8.02. The molecule has 0 unspecified atom stereocenters. The molecule has 8 heteroatoms. The fourth-order valence-corrected chi connectivity index (χ4v) is 3.13. The van der Waals surface area contributed by atoms with Gasteiger partial charge in [-0.3, -0.25) is 4.79 Å². The molecule has 3 rings (SSSR count). The van der Waals surface area contributed by atoms with E-state index in [9.17, 15) is 9.90 Å². The Balaban J connectivity index is 2.17. The van der Waals surface area contributed by atoms with Crippen LogP contribution in [0.4, 0.5) is 0 Å². The van der Waals surface area contributed by atoms with Gasteiger partial charge in [-0.2, -0.15) is 9.78 Å². The van der Waals surface area contributed by atoms with Crippen LogP contribution in [0.25, 0.3) is 10.9 Å². The van der Waals surface area contributed by atoms with Gasteiger partial charge in [0, 0.05) is 16.0 Å². The smallest absolute Gasteiger partial charge is 0.282 e.